The highest BCUT2D eigenvalue weighted by Crippen LogP contribution is 2.16. The van der Waals surface area contributed by atoms with Crippen LogP contribution in [0, 0.1) is 0 Å². The van der Waals surface area contributed by atoms with Crippen LogP contribution in [0.1, 0.15) is 16.7 Å². The molecule has 1 aliphatic heterocycles. The molecule has 3 rings (SSSR count). The van der Waals surface area contributed by atoms with Crippen LogP contribution in [0.3, 0.4) is 0 Å². The minimum atomic E-state index is -0.127. The fourth-order valence-electron chi connectivity index (χ4n) is 2.64. The fourth-order valence-corrected chi connectivity index (χ4v) is 2.64. The summed E-state index contributed by atoms with van der Waals surface area (Å²) in [6.45, 7) is 1.42. The van der Waals surface area contributed by atoms with Crippen molar-refractivity contribution in [3.63, 3.8) is 0 Å². The number of rotatable bonds is 4. The van der Waals surface area contributed by atoms with Crippen LogP contribution >= 0.6 is 12.4 Å². The van der Waals surface area contributed by atoms with Crippen LogP contribution < -0.4 is 10.6 Å². The topological polar surface area (TPSA) is 54.0 Å². The van der Waals surface area contributed by atoms with Crippen molar-refractivity contribution in [1.29, 1.82) is 0 Å². The molecular formula is C17H20ClN3O. The van der Waals surface area contributed by atoms with Crippen molar-refractivity contribution in [2.75, 3.05) is 6.54 Å². The Balaban J connectivity index is 0.00000176. The van der Waals surface area contributed by atoms with Gasteiger partial charge in [0.05, 0.1) is 6.04 Å². The van der Waals surface area contributed by atoms with Crippen molar-refractivity contribution in [1.82, 2.24) is 15.6 Å². The number of nitrogens with zero attached hydrogens (tertiary/aromatic N) is 1. The minimum absolute atomic E-state index is 0. The normalized spacial score (nSPS) is 16.3. The minimum Gasteiger partial charge on any atom is -0.354 e. The Bertz CT molecular complexity index is 618. The lowest BCUT2D eigenvalue weighted by Gasteiger charge is -2.25. The van der Waals surface area contributed by atoms with Crippen LogP contribution in [0.25, 0.3) is 0 Å². The van der Waals surface area contributed by atoms with Crippen molar-refractivity contribution in [2.45, 2.75) is 25.4 Å². The number of amides is 1. The van der Waals surface area contributed by atoms with Crippen LogP contribution in [-0.4, -0.2) is 23.5 Å². The van der Waals surface area contributed by atoms with Gasteiger partial charge in [0, 0.05) is 25.5 Å². The molecule has 116 valence electrons. The lowest BCUT2D eigenvalue weighted by atomic mass is 9.95. The van der Waals surface area contributed by atoms with Gasteiger partial charge in [-0.25, -0.2) is 0 Å². The lowest BCUT2D eigenvalue weighted by molar-refractivity contribution is -0.123. The number of fused-ring (bicyclic) bond motifs is 1. The highest BCUT2D eigenvalue weighted by Gasteiger charge is 2.23. The first kappa shape index (κ1) is 16.5. The number of pyridine rings is 1. The maximum Gasteiger partial charge on any atom is 0.237 e. The van der Waals surface area contributed by atoms with Gasteiger partial charge in [0.15, 0.2) is 0 Å². The number of hydrogen-bond acceptors (Lipinski definition) is 3. The number of aromatic nitrogens is 1. The summed E-state index contributed by atoms with van der Waals surface area (Å²) in [4.78, 5) is 16.2. The van der Waals surface area contributed by atoms with Crippen molar-refractivity contribution in [3.8, 4) is 0 Å². The second kappa shape index (κ2) is 7.92. The van der Waals surface area contributed by atoms with Gasteiger partial charge in [0.1, 0.15) is 0 Å². The first-order valence-corrected chi connectivity index (χ1v) is 7.30. The predicted molar refractivity (Wildman–Crippen MR) is 89.0 cm³/mol. The third-order valence-corrected chi connectivity index (χ3v) is 3.86. The van der Waals surface area contributed by atoms with Gasteiger partial charge in [-0.05, 0) is 41.7 Å². The smallest absolute Gasteiger partial charge is 0.237 e. The zero-order valence-electron chi connectivity index (χ0n) is 12.3. The van der Waals surface area contributed by atoms with E-state index in [4.69, 9.17) is 0 Å². The largest absolute Gasteiger partial charge is 0.354 e. The molecule has 1 aliphatic rings. The molecule has 0 radical (unpaired) electrons. The quantitative estimate of drug-likeness (QED) is 0.905. The van der Waals surface area contributed by atoms with Gasteiger partial charge < -0.3 is 10.6 Å². The first-order valence-electron chi connectivity index (χ1n) is 7.30. The van der Waals surface area contributed by atoms with Gasteiger partial charge in [-0.1, -0.05) is 24.3 Å². The highest BCUT2D eigenvalue weighted by atomic mass is 35.5. The van der Waals surface area contributed by atoms with E-state index in [1.807, 2.05) is 24.3 Å². The second-order valence-electron chi connectivity index (χ2n) is 5.30. The van der Waals surface area contributed by atoms with E-state index in [1.54, 1.807) is 12.4 Å². The van der Waals surface area contributed by atoms with Gasteiger partial charge in [-0.2, -0.15) is 0 Å². The summed E-state index contributed by atoms with van der Waals surface area (Å²) in [5, 5.41) is 6.31. The summed E-state index contributed by atoms with van der Waals surface area (Å²) in [5.74, 6) is 0.0820. The predicted octanol–water partition coefficient (Wildman–Crippen LogP) is 1.88. The van der Waals surface area contributed by atoms with Gasteiger partial charge in [-0.3, -0.25) is 9.78 Å². The van der Waals surface area contributed by atoms with Gasteiger partial charge in [-0.15, -0.1) is 12.4 Å². The Morgan fingerprint density at radius 2 is 1.91 bits per heavy atom. The second-order valence-corrected chi connectivity index (χ2v) is 5.30. The van der Waals surface area contributed by atoms with Crippen LogP contribution in [-0.2, 0) is 24.2 Å². The molecule has 1 aromatic carbocycles. The SMILES string of the molecule is Cl.O=C(NCCc1ccncc1)C1Cc2ccccc2CN1. The molecule has 2 aromatic rings. The van der Waals surface area contributed by atoms with Crippen molar-refractivity contribution < 1.29 is 4.79 Å². The Labute approximate surface area is 136 Å². The van der Waals surface area contributed by atoms with E-state index in [-0.39, 0.29) is 24.4 Å². The maximum absolute atomic E-state index is 12.2. The standard InChI is InChI=1S/C17H19N3O.ClH/c21-17(19-10-7-13-5-8-18-9-6-13)16-11-14-3-1-2-4-15(14)12-20-16;/h1-6,8-9,16,20H,7,10-12H2,(H,19,21);1H. The Morgan fingerprint density at radius 3 is 2.68 bits per heavy atom. The monoisotopic (exact) mass is 317 g/mol. The molecule has 1 amide bonds. The van der Waals surface area contributed by atoms with E-state index in [9.17, 15) is 4.79 Å². The van der Waals surface area contributed by atoms with E-state index in [2.05, 4.69) is 27.8 Å². The van der Waals surface area contributed by atoms with E-state index in [0.717, 1.165) is 19.4 Å². The molecule has 2 N–H and O–H groups in total. The Hall–Kier alpha value is -1.91. The molecule has 0 bridgehead atoms. The zero-order valence-corrected chi connectivity index (χ0v) is 13.1. The highest BCUT2D eigenvalue weighted by molar-refractivity contribution is 5.85. The molecule has 1 unspecified atom stereocenters. The molecule has 0 saturated heterocycles. The fraction of sp³-hybridized carbons (Fsp3) is 0.294. The molecule has 4 nitrogen and oxygen atoms in total. The molecule has 1 atom stereocenters. The average molecular weight is 318 g/mol. The molecule has 0 spiro atoms. The van der Waals surface area contributed by atoms with E-state index in [1.165, 1.54) is 16.7 Å². The summed E-state index contributed by atoms with van der Waals surface area (Å²) in [7, 11) is 0. The molecule has 22 heavy (non-hydrogen) atoms. The lowest BCUT2D eigenvalue weighted by Crippen LogP contribution is -2.48. The molecule has 2 heterocycles. The van der Waals surface area contributed by atoms with Gasteiger partial charge >= 0.3 is 0 Å². The number of nitrogens with one attached hydrogen (secondary N) is 2. The van der Waals surface area contributed by atoms with Gasteiger partial charge in [0.2, 0.25) is 5.91 Å². The van der Waals surface area contributed by atoms with Crippen molar-refractivity contribution in [2.24, 2.45) is 0 Å². The Kier molecular flexibility index (Phi) is 5.92. The third kappa shape index (κ3) is 4.06. The van der Waals surface area contributed by atoms with Crippen molar-refractivity contribution in [3.05, 3.63) is 65.5 Å². The summed E-state index contributed by atoms with van der Waals surface area (Å²) in [6.07, 6.45) is 5.14. The third-order valence-electron chi connectivity index (χ3n) is 3.86. The molecule has 1 aromatic heterocycles. The molecule has 5 heteroatoms. The first-order chi connectivity index (χ1) is 10.3. The van der Waals surface area contributed by atoms with Crippen LogP contribution in [0.5, 0.6) is 0 Å². The van der Waals surface area contributed by atoms with E-state index >= 15 is 0 Å². The number of benzene rings is 1. The zero-order chi connectivity index (χ0) is 14.5. The van der Waals surface area contributed by atoms with E-state index < -0.39 is 0 Å². The van der Waals surface area contributed by atoms with Crippen LogP contribution in [0.2, 0.25) is 0 Å². The summed E-state index contributed by atoms with van der Waals surface area (Å²) >= 11 is 0. The van der Waals surface area contributed by atoms with Crippen LogP contribution in [0.4, 0.5) is 0 Å². The molecule has 0 aliphatic carbocycles. The average Bonchev–Trinajstić information content (AvgIpc) is 2.55. The molecular weight excluding hydrogens is 298 g/mol. The number of carbonyl (C=O) groups is 1. The Morgan fingerprint density at radius 1 is 1.18 bits per heavy atom. The summed E-state index contributed by atoms with van der Waals surface area (Å²) in [5.41, 5.74) is 3.75. The maximum atomic E-state index is 12.2. The molecule has 0 saturated carbocycles. The van der Waals surface area contributed by atoms with Crippen LogP contribution in [0.15, 0.2) is 48.8 Å². The summed E-state index contributed by atoms with van der Waals surface area (Å²) in [6, 6.07) is 12.1. The van der Waals surface area contributed by atoms with E-state index in [0.29, 0.717) is 6.54 Å². The number of halogens is 1. The summed E-state index contributed by atoms with van der Waals surface area (Å²) < 4.78 is 0. The van der Waals surface area contributed by atoms with Crippen molar-refractivity contribution >= 4 is 18.3 Å². The number of hydrogen-bond donors (Lipinski definition) is 2. The van der Waals surface area contributed by atoms with Gasteiger partial charge in [0.25, 0.3) is 0 Å². The number of carbonyl (C=O) groups excluding carboxylic acids is 1. The molecule has 0 fully saturated rings.